The van der Waals surface area contributed by atoms with Crippen LogP contribution in [0.1, 0.15) is 19.5 Å². The van der Waals surface area contributed by atoms with E-state index in [0.717, 1.165) is 0 Å². The summed E-state index contributed by atoms with van der Waals surface area (Å²) >= 11 is 1.26. The fourth-order valence-corrected chi connectivity index (χ4v) is 1.62. The minimum Gasteiger partial charge on any atom is -0.411 e. The Bertz CT molecular complexity index is 402. The van der Waals surface area contributed by atoms with Gasteiger partial charge in [0, 0.05) is 12.5 Å². The van der Waals surface area contributed by atoms with Gasteiger partial charge in [-0.25, -0.2) is 4.98 Å². The van der Waals surface area contributed by atoms with Gasteiger partial charge in [0.25, 0.3) is 5.91 Å². The van der Waals surface area contributed by atoms with Crippen molar-refractivity contribution in [3.63, 3.8) is 0 Å². The lowest BCUT2D eigenvalue weighted by Crippen LogP contribution is -2.26. The fraction of sp³-hybridized carbons (Fsp3) is 0.444. The molecule has 0 spiro atoms. The molecule has 1 unspecified atom stereocenters. The van der Waals surface area contributed by atoms with Gasteiger partial charge in [-0.3, -0.25) is 10.1 Å². The van der Waals surface area contributed by atoms with Gasteiger partial charge in [0.1, 0.15) is 17.5 Å². The summed E-state index contributed by atoms with van der Waals surface area (Å²) in [6.07, 6.45) is -0.528. The molecular formula is C9H13N3O3S. The van der Waals surface area contributed by atoms with Crippen molar-refractivity contribution in [1.82, 2.24) is 4.98 Å². The Morgan fingerprint density at radius 3 is 3.00 bits per heavy atom. The first kappa shape index (κ1) is 12.6. The average Bonchev–Trinajstić information content (AvgIpc) is 2.75. The highest BCUT2D eigenvalue weighted by Gasteiger charge is 2.14. The second-order valence-corrected chi connectivity index (χ2v) is 3.95. The van der Waals surface area contributed by atoms with E-state index in [2.05, 4.69) is 15.5 Å². The van der Waals surface area contributed by atoms with Crippen molar-refractivity contribution in [2.45, 2.75) is 20.0 Å². The molecule has 0 saturated carbocycles. The maximum absolute atomic E-state index is 11.4. The first-order valence-electron chi connectivity index (χ1n) is 4.56. The molecule has 0 saturated heterocycles. The van der Waals surface area contributed by atoms with E-state index in [4.69, 9.17) is 9.94 Å². The number of anilines is 1. The molecule has 1 amide bonds. The lowest BCUT2D eigenvalue weighted by atomic mass is 10.3. The Kier molecular flexibility index (Phi) is 4.39. The van der Waals surface area contributed by atoms with Crippen LogP contribution in [0.4, 0.5) is 5.13 Å². The number of aromatic nitrogens is 1. The molecule has 0 fully saturated rings. The normalized spacial score (nSPS) is 13.6. The van der Waals surface area contributed by atoms with Gasteiger partial charge in [-0.15, -0.1) is 11.3 Å². The molecule has 0 aliphatic rings. The van der Waals surface area contributed by atoms with Crippen LogP contribution in [0.5, 0.6) is 0 Å². The van der Waals surface area contributed by atoms with Crippen molar-refractivity contribution in [3.8, 4) is 0 Å². The Morgan fingerprint density at radius 2 is 2.44 bits per heavy atom. The summed E-state index contributed by atoms with van der Waals surface area (Å²) in [5.41, 5.74) is 0.935. The van der Waals surface area contributed by atoms with Crippen molar-refractivity contribution < 1.29 is 14.7 Å². The van der Waals surface area contributed by atoms with Crippen LogP contribution in [-0.4, -0.2) is 35.0 Å². The predicted octanol–water partition coefficient (Wildman–Crippen LogP) is 1.31. The lowest BCUT2D eigenvalue weighted by molar-refractivity contribution is -0.124. The molecule has 0 bridgehead atoms. The Morgan fingerprint density at radius 1 is 1.75 bits per heavy atom. The highest BCUT2D eigenvalue weighted by Crippen LogP contribution is 2.16. The SMILES string of the molecule is COC(C)C(=O)Nc1nc(C(C)=NO)cs1. The van der Waals surface area contributed by atoms with E-state index in [-0.39, 0.29) is 5.91 Å². The van der Waals surface area contributed by atoms with Gasteiger partial charge < -0.3 is 9.94 Å². The van der Waals surface area contributed by atoms with Gasteiger partial charge in [-0.2, -0.15) is 0 Å². The molecule has 1 aromatic rings. The van der Waals surface area contributed by atoms with E-state index < -0.39 is 6.10 Å². The summed E-state index contributed by atoms with van der Waals surface area (Å²) < 4.78 is 4.86. The molecule has 6 nitrogen and oxygen atoms in total. The van der Waals surface area contributed by atoms with Crippen LogP contribution < -0.4 is 5.32 Å². The number of ether oxygens (including phenoxy) is 1. The molecule has 0 radical (unpaired) electrons. The van der Waals surface area contributed by atoms with Gasteiger partial charge in [0.05, 0.1) is 0 Å². The zero-order valence-electron chi connectivity index (χ0n) is 9.22. The minimum absolute atomic E-state index is 0.262. The van der Waals surface area contributed by atoms with E-state index in [9.17, 15) is 4.79 Å². The lowest BCUT2D eigenvalue weighted by Gasteiger charge is -2.07. The number of methoxy groups -OCH3 is 1. The van der Waals surface area contributed by atoms with E-state index in [0.29, 0.717) is 16.5 Å². The quantitative estimate of drug-likeness (QED) is 0.474. The summed E-state index contributed by atoms with van der Waals surface area (Å²) in [6.45, 7) is 3.27. The largest absolute Gasteiger partial charge is 0.411 e. The van der Waals surface area contributed by atoms with Crippen molar-refractivity contribution in [3.05, 3.63) is 11.1 Å². The van der Waals surface area contributed by atoms with Crippen LogP contribution >= 0.6 is 11.3 Å². The maximum Gasteiger partial charge on any atom is 0.254 e. The summed E-state index contributed by atoms with van der Waals surface area (Å²) in [6, 6.07) is 0. The first-order chi connectivity index (χ1) is 7.58. The fourth-order valence-electron chi connectivity index (χ4n) is 0.863. The number of nitrogens with one attached hydrogen (secondary N) is 1. The van der Waals surface area contributed by atoms with Crippen molar-refractivity contribution in [2.75, 3.05) is 12.4 Å². The molecule has 1 aromatic heterocycles. The van der Waals surface area contributed by atoms with Gasteiger partial charge >= 0.3 is 0 Å². The Hall–Kier alpha value is -1.47. The third-order valence-corrected chi connectivity index (χ3v) is 2.74. The van der Waals surface area contributed by atoms with Crippen molar-refractivity contribution in [2.24, 2.45) is 5.16 Å². The molecule has 1 rings (SSSR count). The highest BCUT2D eigenvalue weighted by molar-refractivity contribution is 7.14. The molecule has 2 N–H and O–H groups in total. The second-order valence-electron chi connectivity index (χ2n) is 3.09. The van der Waals surface area contributed by atoms with Crippen molar-refractivity contribution >= 4 is 28.1 Å². The first-order valence-corrected chi connectivity index (χ1v) is 5.44. The summed E-state index contributed by atoms with van der Waals surface area (Å²) in [5, 5.41) is 16.3. The number of hydrogen-bond acceptors (Lipinski definition) is 6. The molecule has 1 heterocycles. The number of hydrogen-bond donors (Lipinski definition) is 2. The monoisotopic (exact) mass is 243 g/mol. The molecule has 88 valence electrons. The van der Waals surface area contributed by atoms with Crippen LogP contribution in [0.2, 0.25) is 0 Å². The van der Waals surface area contributed by atoms with Gasteiger partial charge in [-0.1, -0.05) is 5.16 Å². The Balaban J connectivity index is 2.69. The smallest absolute Gasteiger partial charge is 0.254 e. The van der Waals surface area contributed by atoms with Gasteiger partial charge in [0.15, 0.2) is 5.13 Å². The number of nitrogens with zero attached hydrogens (tertiary/aromatic N) is 2. The predicted molar refractivity (Wildman–Crippen MR) is 61.2 cm³/mol. The van der Waals surface area contributed by atoms with Crippen LogP contribution in [0.3, 0.4) is 0 Å². The minimum atomic E-state index is -0.528. The molecule has 7 heteroatoms. The zero-order chi connectivity index (χ0) is 12.1. The van der Waals surface area contributed by atoms with Gasteiger partial charge in [0.2, 0.25) is 0 Å². The van der Waals surface area contributed by atoms with Crippen molar-refractivity contribution in [1.29, 1.82) is 0 Å². The number of thiazole rings is 1. The standard InChI is InChI=1S/C9H13N3O3S/c1-5(12-14)7-4-16-9(10-7)11-8(13)6(2)15-3/h4,6,14H,1-3H3,(H,10,11,13). The Labute approximate surface area is 96.9 Å². The molecule has 0 aliphatic carbocycles. The maximum atomic E-state index is 11.4. The van der Waals surface area contributed by atoms with Crippen LogP contribution in [0.25, 0.3) is 0 Å². The molecular weight excluding hydrogens is 230 g/mol. The summed E-state index contributed by atoms with van der Waals surface area (Å²) in [7, 11) is 1.46. The number of oxime groups is 1. The summed E-state index contributed by atoms with van der Waals surface area (Å²) in [4.78, 5) is 15.5. The van der Waals surface area contributed by atoms with Crippen LogP contribution in [0.15, 0.2) is 10.5 Å². The summed E-state index contributed by atoms with van der Waals surface area (Å²) in [5.74, 6) is -0.262. The average molecular weight is 243 g/mol. The van der Waals surface area contributed by atoms with E-state index in [1.165, 1.54) is 18.4 Å². The molecule has 0 aliphatic heterocycles. The zero-order valence-corrected chi connectivity index (χ0v) is 10.0. The molecule has 0 aromatic carbocycles. The van der Waals surface area contributed by atoms with Crippen LogP contribution in [0, 0.1) is 0 Å². The van der Waals surface area contributed by atoms with E-state index in [1.807, 2.05) is 0 Å². The number of amides is 1. The molecule has 16 heavy (non-hydrogen) atoms. The van der Waals surface area contributed by atoms with Crippen LogP contribution in [-0.2, 0) is 9.53 Å². The topological polar surface area (TPSA) is 83.8 Å². The van der Waals surface area contributed by atoms with E-state index >= 15 is 0 Å². The number of carbonyl (C=O) groups is 1. The number of carbonyl (C=O) groups excluding carboxylic acids is 1. The third-order valence-electron chi connectivity index (χ3n) is 1.98. The van der Waals surface area contributed by atoms with E-state index in [1.54, 1.807) is 19.2 Å². The van der Waals surface area contributed by atoms with Gasteiger partial charge in [-0.05, 0) is 13.8 Å². The number of rotatable bonds is 4. The third kappa shape index (κ3) is 3.01. The molecule has 1 atom stereocenters. The second kappa shape index (κ2) is 5.57. The highest BCUT2D eigenvalue weighted by atomic mass is 32.1.